The van der Waals surface area contributed by atoms with Crippen molar-refractivity contribution < 1.29 is 4.74 Å². The fraction of sp³-hybridized carbons (Fsp3) is 0.600. The third kappa shape index (κ3) is 3.01. The van der Waals surface area contributed by atoms with Crippen molar-refractivity contribution in [3.8, 4) is 5.75 Å². The summed E-state index contributed by atoms with van der Waals surface area (Å²) in [7, 11) is 1.72. The van der Waals surface area contributed by atoms with E-state index in [2.05, 4.69) is 37.4 Å². The molecule has 1 fully saturated rings. The topological polar surface area (TPSA) is 21.3 Å². The Morgan fingerprint density at radius 2 is 2.06 bits per heavy atom. The van der Waals surface area contributed by atoms with Gasteiger partial charge in [0.15, 0.2) is 0 Å². The van der Waals surface area contributed by atoms with Gasteiger partial charge in [-0.1, -0.05) is 18.6 Å². The molecule has 0 aromatic heterocycles. The second kappa shape index (κ2) is 5.54. The van der Waals surface area contributed by atoms with Crippen molar-refractivity contribution in [3.63, 3.8) is 0 Å². The molecule has 0 saturated heterocycles. The van der Waals surface area contributed by atoms with Gasteiger partial charge < -0.3 is 10.1 Å². The molecule has 1 aliphatic carbocycles. The molecule has 2 heteroatoms. The number of rotatable bonds is 5. The molecule has 2 unspecified atom stereocenters. The highest BCUT2D eigenvalue weighted by Gasteiger charge is 2.24. The van der Waals surface area contributed by atoms with Crippen LogP contribution in [0.4, 0.5) is 0 Å². The number of hydrogen-bond acceptors (Lipinski definition) is 2. The Labute approximate surface area is 104 Å². The van der Waals surface area contributed by atoms with Crippen LogP contribution in [0.2, 0.25) is 0 Å². The summed E-state index contributed by atoms with van der Waals surface area (Å²) in [4.78, 5) is 0. The standard InChI is InChI=1S/C15H23NO/c1-11(13-6-4-7-13)16-12(2)14-8-5-9-15(10-14)17-3/h5,8-13,16H,4,6-7H2,1-3H3. The predicted octanol–water partition coefficient (Wildman–Crippen LogP) is 3.53. The Bertz CT molecular complexity index is 360. The minimum absolute atomic E-state index is 0.390. The first-order valence-electron chi connectivity index (χ1n) is 6.60. The molecule has 0 bridgehead atoms. The molecular formula is C15H23NO. The van der Waals surface area contributed by atoms with Gasteiger partial charge in [0.2, 0.25) is 0 Å². The molecule has 1 aromatic rings. The van der Waals surface area contributed by atoms with Gasteiger partial charge in [0.25, 0.3) is 0 Å². The van der Waals surface area contributed by atoms with E-state index in [-0.39, 0.29) is 0 Å². The van der Waals surface area contributed by atoms with Gasteiger partial charge in [0.05, 0.1) is 7.11 Å². The highest BCUT2D eigenvalue weighted by molar-refractivity contribution is 5.30. The SMILES string of the molecule is COc1cccc(C(C)NC(C)C2CCC2)c1. The zero-order valence-electron chi connectivity index (χ0n) is 11.1. The first kappa shape index (κ1) is 12.4. The molecule has 0 amide bonds. The van der Waals surface area contributed by atoms with Crippen LogP contribution in [-0.4, -0.2) is 13.2 Å². The molecule has 17 heavy (non-hydrogen) atoms. The average Bonchev–Trinajstić information content (AvgIpc) is 2.26. The van der Waals surface area contributed by atoms with Crippen LogP contribution in [-0.2, 0) is 0 Å². The number of nitrogens with one attached hydrogen (secondary N) is 1. The van der Waals surface area contributed by atoms with Crippen LogP contribution in [0.1, 0.15) is 44.7 Å². The summed E-state index contributed by atoms with van der Waals surface area (Å²) in [5.41, 5.74) is 1.30. The molecule has 0 heterocycles. The van der Waals surface area contributed by atoms with E-state index in [9.17, 15) is 0 Å². The van der Waals surface area contributed by atoms with Gasteiger partial charge in [-0.15, -0.1) is 0 Å². The zero-order valence-corrected chi connectivity index (χ0v) is 11.1. The van der Waals surface area contributed by atoms with Crippen LogP contribution in [0, 0.1) is 5.92 Å². The molecule has 2 atom stereocenters. The highest BCUT2D eigenvalue weighted by atomic mass is 16.5. The van der Waals surface area contributed by atoms with Gasteiger partial charge in [0, 0.05) is 12.1 Å². The van der Waals surface area contributed by atoms with Gasteiger partial charge >= 0.3 is 0 Å². The highest BCUT2D eigenvalue weighted by Crippen LogP contribution is 2.30. The summed E-state index contributed by atoms with van der Waals surface area (Å²) in [6, 6.07) is 9.33. The summed E-state index contributed by atoms with van der Waals surface area (Å²) >= 11 is 0. The molecule has 2 nitrogen and oxygen atoms in total. The summed E-state index contributed by atoms with van der Waals surface area (Å²) in [5.74, 6) is 1.82. The van der Waals surface area contributed by atoms with Crippen LogP contribution in [0.5, 0.6) is 5.75 Å². The summed E-state index contributed by atoms with van der Waals surface area (Å²) in [6.07, 6.45) is 4.18. The number of methoxy groups -OCH3 is 1. The summed E-state index contributed by atoms with van der Waals surface area (Å²) in [5, 5.41) is 3.69. The Balaban J connectivity index is 1.95. The van der Waals surface area contributed by atoms with Crippen molar-refractivity contribution in [2.45, 2.75) is 45.2 Å². The Kier molecular flexibility index (Phi) is 4.06. The maximum absolute atomic E-state index is 5.26. The first-order chi connectivity index (χ1) is 8.20. The normalized spacial score (nSPS) is 19.5. The lowest BCUT2D eigenvalue weighted by Crippen LogP contribution is -2.38. The summed E-state index contributed by atoms with van der Waals surface area (Å²) in [6.45, 7) is 4.53. The molecule has 2 rings (SSSR count). The predicted molar refractivity (Wildman–Crippen MR) is 71.3 cm³/mol. The van der Waals surface area contributed by atoms with Crippen molar-refractivity contribution in [1.82, 2.24) is 5.32 Å². The third-order valence-electron chi connectivity index (χ3n) is 3.96. The second-order valence-electron chi connectivity index (χ2n) is 5.14. The van der Waals surface area contributed by atoms with Crippen molar-refractivity contribution >= 4 is 0 Å². The van der Waals surface area contributed by atoms with Crippen LogP contribution in [0.3, 0.4) is 0 Å². The van der Waals surface area contributed by atoms with Gasteiger partial charge in [0.1, 0.15) is 5.75 Å². The van der Waals surface area contributed by atoms with Crippen molar-refractivity contribution in [2.24, 2.45) is 5.92 Å². The van der Waals surface area contributed by atoms with E-state index in [1.165, 1.54) is 24.8 Å². The minimum Gasteiger partial charge on any atom is -0.497 e. The zero-order chi connectivity index (χ0) is 12.3. The van der Waals surface area contributed by atoms with Crippen LogP contribution in [0.25, 0.3) is 0 Å². The van der Waals surface area contributed by atoms with Gasteiger partial charge in [-0.05, 0) is 50.3 Å². The molecule has 0 aliphatic heterocycles. The molecule has 1 saturated carbocycles. The summed E-state index contributed by atoms with van der Waals surface area (Å²) < 4.78 is 5.26. The molecule has 1 aromatic carbocycles. The van der Waals surface area contributed by atoms with Crippen LogP contribution >= 0.6 is 0 Å². The second-order valence-corrected chi connectivity index (χ2v) is 5.14. The Morgan fingerprint density at radius 3 is 2.65 bits per heavy atom. The molecule has 0 radical (unpaired) electrons. The lowest BCUT2D eigenvalue weighted by Gasteiger charge is -2.34. The number of benzene rings is 1. The van der Waals surface area contributed by atoms with Crippen molar-refractivity contribution in [1.29, 1.82) is 0 Å². The van der Waals surface area contributed by atoms with E-state index in [0.29, 0.717) is 12.1 Å². The monoisotopic (exact) mass is 233 g/mol. The van der Waals surface area contributed by atoms with E-state index in [0.717, 1.165) is 11.7 Å². The number of ether oxygens (including phenoxy) is 1. The van der Waals surface area contributed by atoms with E-state index in [1.54, 1.807) is 7.11 Å². The van der Waals surface area contributed by atoms with Crippen LogP contribution in [0.15, 0.2) is 24.3 Å². The molecular weight excluding hydrogens is 210 g/mol. The lowest BCUT2D eigenvalue weighted by molar-refractivity contribution is 0.229. The van der Waals surface area contributed by atoms with E-state index < -0.39 is 0 Å². The Morgan fingerprint density at radius 1 is 1.29 bits per heavy atom. The minimum atomic E-state index is 0.390. The quantitative estimate of drug-likeness (QED) is 0.840. The number of hydrogen-bond donors (Lipinski definition) is 1. The first-order valence-corrected chi connectivity index (χ1v) is 6.60. The molecule has 0 spiro atoms. The fourth-order valence-electron chi connectivity index (χ4n) is 2.48. The fourth-order valence-corrected chi connectivity index (χ4v) is 2.48. The van der Waals surface area contributed by atoms with Gasteiger partial charge in [-0.25, -0.2) is 0 Å². The average molecular weight is 233 g/mol. The maximum atomic E-state index is 5.26. The van der Waals surface area contributed by atoms with Crippen LogP contribution < -0.4 is 10.1 Å². The van der Waals surface area contributed by atoms with Gasteiger partial charge in [-0.2, -0.15) is 0 Å². The third-order valence-corrected chi connectivity index (χ3v) is 3.96. The lowest BCUT2D eigenvalue weighted by atomic mass is 9.80. The largest absolute Gasteiger partial charge is 0.497 e. The van der Waals surface area contributed by atoms with Gasteiger partial charge in [-0.3, -0.25) is 0 Å². The van der Waals surface area contributed by atoms with Crippen molar-refractivity contribution in [2.75, 3.05) is 7.11 Å². The van der Waals surface area contributed by atoms with E-state index in [4.69, 9.17) is 4.74 Å². The Hall–Kier alpha value is -1.02. The smallest absolute Gasteiger partial charge is 0.119 e. The molecule has 94 valence electrons. The van der Waals surface area contributed by atoms with E-state index >= 15 is 0 Å². The maximum Gasteiger partial charge on any atom is 0.119 e. The molecule has 1 aliphatic rings. The van der Waals surface area contributed by atoms with E-state index in [1.807, 2.05) is 6.07 Å². The molecule has 1 N–H and O–H groups in total. The van der Waals surface area contributed by atoms with Crippen molar-refractivity contribution in [3.05, 3.63) is 29.8 Å².